The topological polar surface area (TPSA) is 32.3 Å². The minimum absolute atomic E-state index is 0.299. The summed E-state index contributed by atoms with van der Waals surface area (Å²) in [6.45, 7) is 3.39. The standard InChI is InChI=1S/C8H19NOS/c1-8(11)9-6-4-2-3-5-7-10/h8-11H,2-7H2,1H3. The van der Waals surface area contributed by atoms with Crippen LogP contribution in [0.4, 0.5) is 0 Å². The van der Waals surface area contributed by atoms with E-state index in [1.807, 2.05) is 6.92 Å². The third kappa shape index (κ3) is 10.3. The molecule has 1 unspecified atom stereocenters. The molecule has 0 rings (SSSR count). The molecule has 0 saturated heterocycles. The van der Waals surface area contributed by atoms with Crippen molar-refractivity contribution >= 4 is 12.6 Å². The first-order valence-corrected chi connectivity index (χ1v) is 4.81. The second-order valence-electron chi connectivity index (χ2n) is 2.77. The zero-order valence-electron chi connectivity index (χ0n) is 7.21. The van der Waals surface area contributed by atoms with Gasteiger partial charge in [0.05, 0.1) is 0 Å². The molecule has 68 valence electrons. The maximum Gasteiger partial charge on any atom is 0.0473 e. The zero-order chi connectivity index (χ0) is 8.53. The lowest BCUT2D eigenvalue weighted by Crippen LogP contribution is -2.21. The van der Waals surface area contributed by atoms with Crippen molar-refractivity contribution in [3.63, 3.8) is 0 Å². The van der Waals surface area contributed by atoms with Gasteiger partial charge in [-0.1, -0.05) is 12.8 Å². The highest BCUT2D eigenvalue weighted by Crippen LogP contribution is 1.98. The Labute approximate surface area is 74.8 Å². The van der Waals surface area contributed by atoms with Crippen LogP contribution < -0.4 is 5.32 Å². The summed E-state index contributed by atoms with van der Waals surface area (Å²) in [5.74, 6) is 0. The fourth-order valence-corrected chi connectivity index (χ4v) is 1.03. The summed E-state index contributed by atoms with van der Waals surface area (Å²) in [4.78, 5) is 0. The largest absolute Gasteiger partial charge is 0.396 e. The zero-order valence-corrected chi connectivity index (χ0v) is 8.11. The van der Waals surface area contributed by atoms with E-state index in [0.717, 1.165) is 19.4 Å². The van der Waals surface area contributed by atoms with Crippen LogP contribution in [0, 0.1) is 0 Å². The van der Waals surface area contributed by atoms with E-state index in [1.165, 1.54) is 12.8 Å². The van der Waals surface area contributed by atoms with E-state index >= 15 is 0 Å². The Morgan fingerprint density at radius 2 is 1.91 bits per heavy atom. The van der Waals surface area contributed by atoms with E-state index in [2.05, 4.69) is 17.9 Å². The Morgan fingerprint density at radius 3 is 2.45 bits per heavy atom. The molecule has 0 aromatic rings. The highest BCUT2D eigenvalue weighted by molar-refractivity contribution is 7.80. The van der Waals surface area contributed by atoms with Crippen LogP contribution in [0.2, 0.25) is 0 Å². The Balaban J connectivity index is 2.80. The van der Waals surface area contributed by atoms with Gasteiger partial charge in [-0.05, 0) is 26.3 Å². The molecule has 0 radical (unpaired) electrons. The molecule has 0 aromatic heterocycles. The first kappa shape index (κ1) is 11.3. The molecule has 2 N–H and O–H groups in total. The van der Waals surface area contributed by atoms with Crippen molar-refractivity contribution in [2.45, 2.75) is 38.0 Å². The van der Waals surface area contributed by atoms with E-state index in [0.29, 0.717) is 12.0 Å². The van der Waals surface area contributed by atoms with E-state index in [4.69, 9.17) is 5.11 Å². The van der Waals surface area contributed by atoms with Crippen molar-refractivity contribution in [2.75, 3.05) is 13.2 Å². The highest BCUT2D eigenvalue weighted by atomic mass is 32.1. The van der Waals surface area contributed by atoms with Crippen molar-refractivity contribution in [3.05, 3.63) is 0 Å². The molecule has 11 heavy (non-hydrogen) atoms. The molecule has 0 bridgehead atoms. The highest BCUT2D eigenvalue weighted by Gasteiger charge is 1.92. The normalized spacial score (nSPS) is 13.4. The van der Waals surface area contributed by atoms with Gasteiger partial charge >= 0.3 is 0 Å². The minimum Gasteiger partial charge on any atom is -0.396 e. The fourth-order valence-electron chi connectivity index (χ4n) is 0.901. The Morgan fingerprint density at radius 1 is 1.27 bits per heavy atom. The minimum atomic E-state index is 0.299. The fraction of sp³-hybridized carbons (Fsp3) is 1.00. The first-order chi connectivity index (χ1) is 5.27. The second-order valence-corrected chi connectivity index (χ2v) is 3.54. The van der Waals surface area contributed by atoms with Crippen molar-refractivity contribution in [1.82, 2.24) is 5.32 Å². The first-order valence-electron chi connectivity index (χ1n) is 4.29. The van der Waals surface area contributed by atoms with Crippen LogP contribution in [0.3, 0.4) is 0 Å². The number of thiol groups is 1. The summed E-state index contributed by atoms with van der Waals surface area (Å²) < 4.78 is 0. The van der Waals surface area contributed by atoms with E-state index in [1.54, 1.807) is 0 Å². The molecule has 0 heterocycles. The van der Waals surface area contributed by atoms with Gasteiger partial charge < -0.3 is 10.4 Å². The van der Waals surface area contributed by atoms with Crippen molar-refractivity contribution < 1.29 is 5.11 Å². The summed E-state index contributed by atoms with van der Waals surface area (Å²) in [7, 11) is 0. The number of nitrogens with one attached hydrogen (secondary N) is 1. The van der Waals surface area contributed by atoms with Crippen LogP contribution in [0.15, 0.2) is 0 Å². The molecule has 0 aromatic carbocycles. The average molecular weight is 177 g/mol. The van der Waals surface area contributed by atoms with Gasteiger partial charge in [0.15, 0.2) is 0 Å². The van der Waals surface area contributed by atoms with E-state index < -0.39 is 0 Å². The summed E-state index contributed by atoms with van der Waals surface area (Å²) >= 11 is 4.19. The molecular formula is C8H19NOS. The lowest BCUT2D eigenvalue weighted by molar-refractivity contribution is 0.282. The van der Waals surface area contributed by atoms with Gasteiger partial charge in [-0.15, -0.1) is 0 Å². The average Bonchev–Trinajstić information content (AvgIpc) is 1.96. The summed E-state index contributed by atoms with van der Waals surface area (Å²) in [6.07, 6.45) is 4.47. The smallest absolute Gasteiger partial charge is 0.0473 e. The van der Waals surface area contributed by atoms with Crippen molar-refractivity contribution in [2.24, 2.45) is 0 Å². The van der Waals surface area contributed by atoms with Crippen molar-refractivity contribution in [3.8, 4) is 0 Å². The lowest BCUT2D eigenvalue weighted by atomic mass is 10.2. The number of unbranched alkanes of at least 4 members (excludes halogenated alkanes) is 3. The molecule has 0 spiro atoms. The van der Waals surface area contributed by atoms with Crippen molar-refractivity contribution in [1.29, 1.82) is 0 Å². The molecular weight excluding hydrogens is 158 g/mol. The Kier molecular flexibility index (Phi) is 8.57. The molecule has 0 aliphatic heterocycles. The van der Waals surface area contributed by atoms with E-state index in [9.17, 15) is 0 Å². The van der Waals surface area contributed by atoms with Gasteiger partial charge in [0.1, 0.15) is 0 Å². The summed E-state index contributed by atoms with van der Waals surface area (Å²) in [5, 5.41) is 12.0. The molecule has 0 aliphatic carbocycles. The maximum absolute atomic E-state index is 8.48. The third-order valence-electron chi connectivity index (χ3n) is 1.52. The van der Waals surface area contributed by atoms with Crippen LogP contribution in [0.5, 0.6) is 0 Å². The number of rotatable bonds is 7. The van der Waals surface area contributed by atoms with Crippen LogP contribution in [0.1, 0.15) is 32.6 Å². The second kappa shape index (κ2) is 8.37. The van der Waals surface area contributed by atoms with Gasteiger partial charge in [0.25, 0.3) is 0 Å². The van der Waals surface area contributed by atoms with Crippen LogP contribution in [-0.2, 0) is 0 Å². The Bertz CT molecular complexity index is 78.5. The predicted molar refractivity (Wildman–Crippen MR) is 52.0 cm³/mol. The van der Waals surface area contributed by atoms with E-state index in [-0.39, 0.29) is 0 Å². The van der Waals surface area contributed by atoms with Gasteiger partial charge in [0.2, 0.25) is 0 Å². The molecule has 1 atom stereocenters. The predicted octanol–water partition coefficient (Wildman–Crippen LogP) is 1.40. The maximum atomic E-state index is 8.48. The lowest BCUT2D eigenvalue weighted by Gasteiger charge is -2.05. The SMILES string of the molecule is CC(S)NCCCCCCO. The van der Waals surface area contributed by atoms with Crippen LogP contribution in [0.25, 0.3) is 0 Å². The quantitative estimate of drug-likeness (QED) is 0.312. The number of hydrogen-bond acceptors (Lipinski definition) is 3. The molecule has 0 fully saturated rings. The molecule has 3 heteroatoms. The monoisotopic (exact) mass is 177 g/mol. The number of aliphatic hydroxyl groups excluding tert-OH is 1. The summed E-state index contributed by atoms with van der Waals surface area (Å²) in [6, 6.07) is 0. The molecule has 0 amide bonds. The number of hydrogen-bond donors (Lipinski definition) is 3. The van der Waals surface area contributed by atoms with Gasteiger partial charge in [-0.2, -0.15) is 12.6 Å². The summed E-state index contributed by atoms with van der Waals surface area (Å²) in [5.41, 5.74) is 0. The van der Waals surface area contributed by atoms with Crippen LogP contribution >= 0.6 is 12.6 Å². The number of aliphatic hydroxyl groups is 1. The molecule has 0 aliphatic rings. The van der Waals surface area contributed by atoms with Gasteiger partial charge in [-0.25, -0.2) is 0 Å². The van der Waals surface area contributed by atoms with Gasteiger partial charge in [-0.3, -0.25) is 0 Å². The van der Waals surface area contributed by atoms with Gasteiger partial charge in [0, 0.05) is 12.0 Å². The molecule has 0 saturated carbocycles. The Hall–Kier alpha value is 0.270. The molecule has 2 nitrogen and oxygen atoms in total. The third-order valence-corrected chi connectivity index (χ3v) is 1.71. The van der Waals surface area contributed by atoms with Crippen LogP contribution in [-0.4, -0.2) is 23.6 Å².